The van der Waals surface area contributed by atoms with Gasteiger partial charge in [0.1, 0.15) is 5.82 Å². The Morgan fingerprint density at radius 3 is 2.32 bits per heavy atom. The number of carbonyl (C=O) groups excluding carboxylic acids is 1. The van der Waals surface area contributed by atoms with Gasteiger partial charge in [0.05, 0.1) is 16.3 Å². The second-order valence-electron chi connectivity index (χ2n) is 7.69. The molecule has 6 nitrogen and oxygen atoms in total. The average Bonchev–Trinajstić information content (AvgIpc) is 3.26. The summed E-state index contributed by atoms with van der Waals surface area (Å²) in [5.74, 6) is -0.656. The van der Waals surface area contributed by atoms with Gasteiger partial charge in [-0.3, -0.25) is 4.79 Å². The fourth-order valence-electron chi connectivity index (χ4n) is 3.32. The molecule has 172 valence electrons. The zero-order valence-corrected chi connectivity index (χ0v) is 19.2. The van der Waals surface area contributed by atoms with Gasteiger partial charge in [-0.05, 0) is 60.2 Å². The quantitative estimate of drug-likeness (QED) is 0.402. The number of nitrogens with zero attached hydrogens (tertiary/aromatic N) is 2. The Morgan fingerprint density at radius 2 is 1.68 bits per heavy atom. The summed E-state index contributed by atoms with van der Waals surface area (Å²) >= 11 is 0. The third kappa shape index (κ3) is 5.65. The van der Waals surface area contributed by atoms with Crippen molar-refractivity contribution in [2.45, 2.75) is 11.4 Å². The highest BCUT2D eigenvalue weighted by Gasteiger charge is 2.11. The molecule has 0 bridgehead atoms. The molecule has 0 atom stereocenters. The highest BCUT2D eigenvalue weighted by molar-refractivity contribution is 7.90. The molecule has 0 aliphatic heterocycles. The lowest BCUT2D eigenvalue weighted by Crippen LogP contribution is -2.20. The van der Waals surface area contributed by atoms with Gasteiger partial charge in [0.2, 0.25) is 5.91 Å². The van der Waals surface area contributed by atoms with E-state index in [2.05, 4.69) is 10.4 Å². The number of carbonyl (C=O) groups is 1. The molecule has 1 N–H and O–H groups in total. The van der Waals surface area contributed by atoms with E-state index in [1.165, 1.54) is 30.3 Å². The SMILES string of the molecule is CS(=O)(=O)c1ccc(CNC(=O)C=Cc2cn(-c3ccccc3)nc2-c2ccc(F)cc2)cc1. The van der Waals surface area contributed by atoms with Crippen LogP contribution in [0.15, 0.2) is 96.0 Å². The molecule has 0 unspecified atom stereocenters. The Labute approximate surface area is 197 Å². The largest absolute Gasteiger partial charge is 0.348 e. The van der Waals surface area contributed by atoms with Crippen LogP contribution in [0, 0.1) is 5.82 Å². The lowest BCUT2D eigenvalue weighted by atomic mass is 10.1. The first kappa shape index (κ1) is 23.1. The summed E-state index contributed by atoms with van der Waals surface area (Å²) in [7, 11) is -3.26. The van der Waals surface area contributed by atoms with Crippen LogP contribution in [0.3, 0.4) is 0 Å². The van der Waals surface area contributed by atoms with E-state index in [1.54, 1.807) is 35.0 Å². The number of hydrogen-bond donors (Lipinski definition) is 1. The molecular formula is C26H22FN3O3S. The summed E-state index contributed by atoms with van der Waals surface area (Å²) in [6.45, 7) is 0.251. The van der Waals surface area contributed by atoms with Crippen LogP contribution >= 0.6 is 0 Å². The van der Waals surface area contributed by atoms with E-state index < -0.39 is 9.84 Å². The summed E-state index contributed by atoms with van der Waals surface area (Å²) in [5, 5.41) is 7.42. The Morgan fingerprint density at radius 1 is 1.00 bits per heavy atom. The molecule has 34 heavy (non-hydrogen) atoms. The van der Waals surface area contributed by atoms with E-state index >= 15 is 0 Å². The number of halogens is 1. The van der Waals surface area contributed by atoms with Gasteiger partial charge < -0.3 is 5.32 Å². The minimum Gasteiger partial charge on any atom is -0.348 e. The predicted molar refractivity (Wildman–Crippen MR) is 129 cm³/mol. The highest BCUT2D eigenvalue weighted by Crippen LogP contribution is 2.25. The fraction of sp³-hybridized carbons (Fsp3) is 0.0769. The summed E-state index contributed by atoms with van der Waals surface area (Å²) < 4.78 is 38.2. The highest BCUT2D eigenvalue weighted by atomic mass is 32.2. The minimum absolute atomic E-state index is 0.228. The van der Waals surface area contributed by atoms with Gasteiger partial charge in [-0.1, -0.05) is 30.3 Å². The summed E-state index contributed by atoms with van der Waals surface area (Å²) in [6.07, 6.45) is 6.02. The molecule has 0 radical (unpaired) electrons. The van der Waals surface area contributed by atoms with Crippen molar-refractivity contribution in [3.63, 3.8) is 0 Å². The standard InChI is InChI=1S/C26H22FN3O3S/c1-34(32,33)24-14-7-19(8-15-24)17-28-25(31)16-11-21-18-30(23-5-3-2-4-6-23)29-26(21)20-9-12-22(27)13-10-20/h2-16,18H,17H2,1H3,(H,28,31). The fourth-order valence-corrected chi connectivity index (χ4v) is 3.95. The molecule has 3 aromatic carbocycles. The van der Waals surface area contributed by atoms with E-state index in [0.29, 0.717) is 11.3 Å². The minimum atomic E-state index is -3.26. The molecule has 0 fully saturated rings. The Kier molecular flexibility index (Phi) is 6.70. The van der Waals surface area contributed by atoms with Crippen molar-refractivity contribution >= 4 is 21.8 Å². The van der Waals surface area contributed by atoms with Crippen molar-refractivity contribution in [1.29, 1.82) is 0 Å². The molecule has 0 aliphatic rings. The van der Waals surface area contributed by atoms with E-state index in [1.807, 2.05) is 36.5 Å². The van der Waals surface area contributed by atoms with Crippen LogP contribution in [0.5, 0.6) is 0 Å². The van der Waals surface area contributed by atoms with Crippen LogP contribution in [-0.4, -0.2) is 30.4 Å². The molecule has 4 aromatic rings. The van der Waals surface area contributed by atoms with E-state index in [0.717, 1.165) is 23.1 Å². The number of benzene rings is 3. The first-order valence-corrected chi connectivity index (χ1v) is 12.3. The zero-order chi connectivity index (χ0) is 24.1. The Bertz CT molecular complexity index is 1430. The number of amides is 1. The van der Waals surface area contributed by atoms with Gasteiger partial charge in [-0.15, -0.1) is 0 Å². The molecule has 4 rings (SSSR count). The maximum Gasteiger partial charge on any atom is 0.244 e. The van der Waals surface area contributed by atoms with Gasteiger partial charge in [-0.2, -0.15) is 5.10 Å². The van der Waals surface area contributed by atoms with Gasteiger partial charge in [-0.25, -0.2) is 17.5 Å². The van der Waals surface area contributed by atoms with Gasteiger partial charge >= 0.3 is 0 Å². The van der Waals surface area contributed by atoms with Crippen LogP contribution in [0.2, 0.25) is 0 Å². The average molecular weight is 476 g/mol. The molecular weight excluding hydrogens is 453 g/mol. The number of hydrogen-bond acceptors (Lipinski definition) is 4. The lowest BCUT2D eigenvalue weighted by molar-refractivity contribution is -0.116. The van der Waals surface area contributed by atoms with Crippen molar-refractivity contribution in [2.24, 2.45) is 0 Å². The topological polar surface area (TPSA) is 81.1 Å². The van der Waals surface area contributed by atoms with Gasteiger partial charge in [0.25, 0.3) is 0 Å². The van der Waals surface area contributed by atoms with Crippen LogP contribution < -0.4 is 5.32 Å². The van der Waals surface area contributed by atoms with E-state index in [9.17, 15) is 17.6 Å². The molecule has 0 saturated heterocycles. The van der Waals surface area contributed by atoms with Crippen LogP contribution in [-0.2, 0) is 21.2 Å². The maximum atomic E-state index is 13.4. The monoisotopic (exact) mass is 475 g/mol. The molecule has 0 aliphatic carbocycles. The third-order valence-electron chi connectivity index (χ3n) is 5.11. The predicted octanol–water partition coefficient (Wildman–Crippen LogP) is 4.41. The van der Waals surface area contributed by atoms with Crippen molar-refractivity contribution in [3.05, 3.63) is 108 Å². The second kappa shape index (κ2) is 9.84. The molecule has 1 heterocycles. The van der Waals surface area contributed by atoms with Crippen LogP contribution in [0.1, 0.15) is 11.1 Å². The molecule has 1 amide bonds. The second-order valence-corrected chi connectivity index (χ2v) is 9.70. The molecule has 0 spiro atoms. The summed E-state index contributed by atoms with van der Waals surface area (Å²) in [6, 6.07) is 21.9. The number of sulfone groups is 1. The van der Waals surface area contributed by atoms with Crippen LogP contribution in [0.25, 0.3) is 23.0 Å². The zero-order valence-electron chi connectivity index (χ0n) is 18.4. The van der Waals surface area contributed by atoms with Gasteiger partial charge in [0.15, 0.2) is 9.84 Å². The maximum absolute atomic E-state index is 13.4. The van der Waals surface area contributed by atoms with Crippen LogP contribution in [0.4, 0.5) is 4.39 Å². The van der Waals surface area contributed by atoms with E-state index in [4.69, 9.17) is 0 Å². The van der Waals surface area contributed by atoms with Crippen molar-refractivity contribution < 1.29 is 17.6 Å². The van der Waals surface area contributed by atoms with Gasteiger partial charge in [0, 0.05) is 36.2 Å². The first-order valence-electron chi connectivity index (χ1n) is 10.5. The first-order chi connectivity index (χ1) is 16.3. The van der Waals surface area contributed by atoms with Crippen molar-refractivity contribution in [2.75, 3.05) is 6.26 Å². The summed E-state index contributed by atoms with van der Waals surface area (Å²) in [4.78, 5) is 12.6. The third-order valence-corrected chi connectivity index (χ3v) is 6.24. The summed E-state index contributed by atoms with van der Waals surface area (Å²) in [5.41, 5.74) is 3.67. The Balaban J connectivity index is 1.52. The normalized spacial score (nSPS) is 11.6. The lowest BCUT2D eigenvalue weighted by Gasteiger charge is -2.04. The van der Waals surface area contributed by atoms with E-state index in [-0.39, 0.29) is 23.2 Å². The number of aromatic nitrogens is 2. The number of nitrogens with one attached hydrogen (secondary N) is 1. The molecule has 0 saturated carbocycles. The molecule has 8 heteroatoms. The molecule has 1 aromatic heterocycles. The van der Waals surface area contributed by atoms with Crippen molar-refractivity contribution in [3.8, 4) is 16.9 Å². The Hall–Kier alpha value is -4.04. The number of rotatable bonds is 7. The van der Waals surface area contributed by atoms with Crippen molar-refractivity contribution in [1.82, 2.24) is 15.1 Å². The smallest absolute Gasteiger partial charge is 0.244 e. The number of para-hydroxylation sites is 1.